The lowest BCUT2D eigenvalue weighted by Gasteiger charge is -2.32. The minimum atomic E-state index is -0.966. The van der Waals surface area contributed by atoms with Crippen LogP contribution in [0, 0.1) is 0 Å². The molecular formula is C14H27N3O3. The van der Waals surface area contributed by atoms with Crippen molar-refractivity contribution in [3.8, 4) is 0 Å². The quantitative estimate of drug-likeness (QED) is 0.797. The zero-order valence-corrected chi connectivity index (χ0v) is 13.2. The highest BCUT2D eigenvalue weighted by Crippen LogP contribution is 2.12. The highest BCUT2D eigenvalue weighted by atomic mass is 16.6. The first kappa shape index (κ1) is 16.8. The Labute approximate surface area is 121 Å². The summed E-state index contributed by atoms with van der Waals surface area (Å²) in [5.41, 5.74) is -1.54. The molecule has 1 saturated heterocycles. The number of hydrogen-bond acceptors (Lipinski definition) is 4. The van der Waals surface area contributed by atoms with Crippen LogP contribution in [0.2, 0.25) is 0 Å². The van der Waals surface area contributed by atoms with Gasteiger partial charge in [0.25, 0.3) is 0 Å². The van der Waals surface area contributed by atoms with Gasteiger partial charge < -0.3 is 20.3 Å². The van der Waals surface area contributed by atoms with Crippen LogP contribution in [0.3, 0.4) is 0 Å². The normalized spacial score (nSPS) is 17.4. The van der Waals surface area contributed by atoms with Crippen LogP contribution in [-0.4, -0.2) is 54.2 Å². The van der Waals surface area contributed by atoms with Crippen LogP contribution in [-0.2, 0) is 9.53 Å². The Balaban J connectivity index is 2.62. The Morgan fingerprint density at radius 3 is 2.35 bits per heavy atom. The summed E-state index contributed by atoms with van der Waals surface area (Å²) in [6.07, 6.45) is 0.359. The lowest BCUT2D eigenvalue weighted by atomic mass is 10.0. The third-order valence-corrected chi connectivity index (χ3v) is 2.98. The molecule has 0 radical (unpaired) electrons. The molecule has 20 heavy (non-hydrogen) atoms. The van der Waals surface area contributed by atoms with Crippen molar-refractivity contribution >= 4 is 12.0 Å². The van der Waals surface area contributed by atoms with E-state index in [-0.39, 0.29) is 5.91 Å². The Hall–Kier alpha value is -1.30. The monoisotopic (exact) mass is 285 g/mol. The molecule has 0 atom stereocenters. The average molecular weight is 285 g/mol. The van der Waals surface area contributed by atoms with Gasteiger partial charge in [-0.2, -0.15) is 0 Å². The van der Waals surface area contributed by atoms with Gasteiger partial charge in [-0.15, -0.1) is 0 Å². The number of alkyl carbamates (subject to hydrolysis) is 1. The molecule has 0 aromatic rings. The van der Waals surface area contributed by atoms with E-state index in [2.05, 4.69) is 10.6 Å². The van der Waals surface area contributed by atoms with E-state index >= 15 is 0 Å². The third kappa shape index (κ3) is 5.36. The standard InChI is InChI=1S/C14H27N3O3/c1-13(2,3)20-12(19)16-14(4,5)11(18)17-9-6-7-15-8-10-17/h15H,6-10H2,1-5H3,(H,16,19). The van der Waals surface area contributed by atoms with Gasteiger partial charge in [-0.05, 0) is 47.6 Å². The van der Waals surface area contributed by atoms with E-state index in [1.807, 2.05) is 0 Å². The average Bonchev–Trinajstić information content (AvgIpc) is 2.52. The van der Waals surface area contributed by atoms with Gasteiger partial charge in [0.1, 0.15) is 11.1 Å². The molecule has 2 N–H and O–H groups in total. The van der Waals surface area contributed by atoms with Crippen molar-refractivity contribution in [3.63, 3.8) is 0 Å². The number of carbonyl (C=O) groups excluding carboxylic acids is 2. The van der Waals surface area contributed by atoms with Gasteiger partial charge in [0, 0.05) is 19.6 Å². The molecule has 1 aliphatic rings. The molecule has 0 bridgehead atoms. The number of nitrogens with zero attached hydrogens (tertiary/aromatic N) is 1. The van der Waals surface area contributed by atoms with Crippen molar-refractivity contribution in [2.45, 2.75) is 52.2 Å². The maximum absolute atomic E-state index is 12.5. The fraction of sp³-hybridized carbons (Fsp3) is 0.857. The van der Waals surface area contributed by atoms with Gasteiger partial charge in [-0.3, -0.25) is 4.79 Å². The third-order valence-electron chi connectivity index (χ3n) is 2.98. The van der Waals surface area contributed by atoms with Gasteiger partial charge in [0.2, 0.25) is 5.91 Å². The summed E-state index contributed by atoms with van der Waals surface area (Å²) in [6.45, 7) is 11.9. The maximum atomic E-state index is 12.5. The summed E-state index contributed by atoms with van der Waals surface area (Å²) in [7, 11) is 0. The van der Waals surface area contributed by atoms with Gasteiger partial charge in [0.05, 0.1) is 0 Å². The predicted octanol–water partition coefficient (Wildman–Crippen LogP) is 1.11. The Bertz CT molecular complexity index is 353. The molecule has 1 fully saturated rings. The Morgan fingerprint density at radius 1 is 1.10 bits per heavy atom. The fourth-order valence-corrected chi connectivity index (χ4v) is 2.06. The highest BCUT2D eigenvalue weighted by molar-refractivity contribution is 5.89. The highest BCUT2D eigenvalue weighted by Gasteiger charge is 2.35. The molecule has 1 aliphatic heterocycles. The van der Waals surface area contributed by atoms with Crippen molar-refractivity contribution in [1.29, 1.82) is 0 Å². The van der Waals surface area contributed by atoms with Crippen LogP contribution >= 0.6 is 0 Å². The molecule has 0 saturated carbocycles. The number of amides is 2. The predicted molar refractivity (Wildman–Crippen MR) is 77.5 cm³/mol. The van der Waals surface area contributed by atoms with Crippen LogP contribution < -0.4 is 10.6 Å². The molecule has 0 aromatic carbocycles. The van der Waals surface area contributed by atoms with Crippen molar-refractivity contribution < 1.29 is 14.3 Å². The minimum Gasteiger partial charge on any atom is -0.444 e. The van der Waals surface area contributed by atoms with E-state index in [1.165, 1.54) is 0 Å². The summed E-state index contributed by atoms with van der Waals surface area (Å²) in [6, 6.07) is 0. The summed E-state index contributed by atoms with van der Waals surface area (Å²) >= 11 is 0. The smallest absolute Gasteiger partial charge is 0.408 e. The molecule has 6 nitrogen and oxygen atoms in total. The van der Waals surface area contributed by atoms with E-state index < -0.39 is 17.2 Å². The fourth-order valence-electron chi connectivity index (χ4n) is 2.06. The van der Waals surface area contributed by atoms with Crippen molar-refractivity contribution in [3.05, 3.63) is 0 Å². The molecule has 1 rings (SSSR count). The summed E-state index contributed by atoms with van der Waals surface area (Å²) in [4.78, 5) is 26.1. The van der Waals surface area contributed by atoms with Crippen molar-refractivity contribution in [2.75, 3.05) is 26.2 Å². The van der Waals surface area contributed by atoms with E-state index in [0.717, 1.165) is 19.5 Å². The second-order valence-corrected chi connectivity index (χ2v) is 6.65. The Kier molecular flexibility index (Phi) is 5.39. The van der Waals surface area contributed by atoms with E-state index in [1.54, 1.807) is 39.5 Å². The summed E-state index contributed by atoms with van der Waals surface area (Å²) in [5.74, 6) is -0.0768. The number of hydrogen-bond donors (Lipinski definition) is 2. The molecule has 0 aliphatic carbocycles. The second kappa shape index (κ2) is 6.43. The largest absolute Gasteiger partial charge is 0.444 e. The number of carbonyl (C=O) groups is 2. The first-order valence-corrected chi connectivity index (χ1v) is 7.13. The number of rotatable bonds is 2. The number of ether oxygens (including phenoxy) is 1. The zero-order valence-electron chi connectivity index (χ0n) is 13.2. The van der Waals surface area contributed by atoms with Gasteiger partial charge in [0.15, 0.2) is 0 Å². The Morgan fingerprint density at radius 2 is 1.75 bits per heavy atom. The van der Waals surface area contributed by atoms with Crippen LogP contribution in [0.15, 0.2) is 0 Å². The number of nitrogens with one attached hydrogen (secondary N) is 2. The van der Waals surface area contributed by atoms with Crippen molar-refractivity contribution in [1.82, 2.24) is 15.5 Å². The van der Waals surface area contributed by atoms with Crippen LogP contribution in [0.25, 0.3) is 0 Å². The van der Waals surface area contributed by atoms with Gasteiger partial charge in [-0.1, -0.05) is 0 Å². The van der Waals surface area contributed by atoms with Gasteiger partial charge in [-0.25, -0.2) is 4.79 Å². The van der Waals surface area contributed by atoms with Crippen LogP contribution in [0.1, 0.15) is 41.0 Å². The first-order chi connectivity index (χ1) is 9.12. The van der Waals surface area contributed by atoms with E-state index in [4.69, 9.17) is 4.74 Å². The van der Waals surface area contributed by atoms with E-state index in [9.17, 15) is 9.59 Å². The molecule has 0 aromatic heterocycles. The molecule has 116 valence electrons. The molecule has 1 heterocycles. The molecule has 0 unspecified atom stereocenters. The topological polar surface area (TPSA) is 70.7 Å². The lowest BCUT2D eigenvalue weighted by molar-refractivity contribution is -0.136. The molecule has 0 spiro atoms. The van der Waals surface area contributed by atoms with Crippen LogP contribution in [0.4, 0.5) is 4.79 Å². The SMILES string of the molecule is CC(C)(C)OC(=O)NC(C)(C)C(=O)N1CCCNCC1. The second-order valence-electron chi connectivity index (χ2n) is 6.65. The summed E-state index contributed by atoms with van der Waals surface area (Å²) < 4.78 is 5.20. The van der Waals surface area contributed by atoms with Gasteiger partial charge >= 0.3 is 6.09 Å². The molecule has 2 amide bonds. The van der Waals surface area contributed by atoms with Crippen LogP contribution in [0.5, 0.6) is 0 Å². The minimum absolute atomic E-state index is 0.0768. The first-order valence-electron chi connectivity index (χ1n) is 7.13. The van der Waals surface area contributed by atoms with E-state index in [0.29, 0.717) is 13.1 Å². The summed E-state index contributed by atoms with van der Waals surface area (Å²) in [5, 5.41) is 5.91. The zero-order chi connectivity index (χ0) is 15.4. The maximum Gasteiger partial charge on any atom is 0.408 e. The van der Waals surface area contributed by atoms with Crippen molar-refractivity contribution in [2.24, 2.45) is 0 Å². The molecular weight excluding hydrogens is 258 g/mol. The lowest BCUT2D eigenvalue weighted by Crippen LogP contribution is -2.57. The molecule has 6 heteroatoms.